The van der Waals surface area contributed by atoms with Crippen LogP contribution in [0.25, 0.3) is 22.4 Å². The van der Waals surface area contributed by atoms with Crippen molar-refractivity contribution in [2.45, 2.75) is 6.42 Å². The second-order valence-electron chi connectivity index (χ2n) is 8.22. The number of benzene rings is 2. The lowest BCUT2D eigenvalue weighted by atomic mass is 10.0. The summed E-state index contributed by atoms with van der Waals surface area (Å²) in [6.07, 6.45) is 1.01. The lowest BCUT2D eigenvalue weighted by Gasteiger charge is -2.32. The van der Waals surface area contributed by atoms with Crippen LogP contribution in [0, 0.1) is 5.82 Å². The molecule has 4 rings (SSSR count). The van der Waals surface area contributed by atoms with Gasteiger partial charge in [0.1, 0.15) is 17.4 Å². The first-order valence-electron chi connectivity index (χ1n) is 10.9. The Morgan fingerprint density at radius 2 is 1.84 bits per heavy atom. The van der Waals surface area contributed by atoms with Gasteiger partial charge < -0.3 is 20.2 Å². The predicted molar refractivity (Wildman–Crippen MR) is 131 cm³/mol. The van der Waals surface area contributed by atoms with Crippen molar-refractivity contribution in [2.75, 3.05) is 51.6 Å². The number of aromatic hydroxyl groups is 1. The van der Waals surface area contributed by atoms with Crippen LogP contribution in [-0.4, -0.2) is 66.2 Å². The molecule has 5 nitrogen and oxygen atoms in total. The van der Waals surface area contributed by atoms with Gasteiger partial charge in [-0.15, -0.1) is 0 Å². The third kappa shape index (κ3) is 5.85. The average Bonchev–Trinajstić information content (AvgIpc) is 2.79. The van der Waals surface area contributed by atoms with Gasteiger partial charge >= 0.3 is 0 Å². The number of phenolic OH excluding ortho intramolecular Hbond substituents is 1. The minimum atomic E-state index is -0.284. The highest BCUT2D eigenvalue weighted by Crippen LogP contribution is 2.34. The highest BCUT2D eigenvalue weighted by atomic mass is 79.9. The quantitative estimate of drug-likeness (QED) is 0.445. The largest absolute Gasteiger partial charge is 0.507 e. The number of pyridine rings is 1. The summed E-state index contributed by atoms with van der Waals surface area (Å²) >= 11 is 3.47. The van der Waals surface area contributed by atoms with Gasteiger partial charge in [-0.05, 0) is 73.6 Å². The molecule has 0 atom stereocenters. The summed E-state index contributed by atoms with van der Waals surface area (Å²) in [5.41, 5.74) is 2.87. The van der Waals surface area contributed by atoms with Crippen LogP contribution in [0.1, 0.15) is 6.42 Å². The number of rotatable bonds is 7. The van der Waals surface area contributed by atoms with Crippen LogP contribution >= 0.6 is 15.9 Å². The third-order valence-electron chi connectivity index (χ3n) is 5.77. The van der Waals surface area contributed by atoms with Gasteiger partial charge in [0.2, 0.25) is 0 Å². The van der Waals surface area contributed by atoms with Crippen molar-refractivity contribution in [3.05, 3.63) is 64.9 Å². The number of nitrogens with zero attached hydrogens (tertiary/aromatic N) is 3. The Bertz CT molecular complexity index is 1070. The number of halogens is 2. The highest BCUT2D eigenvalue weighted by molar-refractivity contribution is 9.10. The van der Waals surface area contributed by atoms with Crippen LogP contribution < -0.4 is 5.32 Å². The van der Waals surface area contributed by atoms with E-state index in [-0.39, 0.29) is 11.6 Å². The second kappa shape index (κ2) is 10.4. The lowest BCUT2D eigenvalue weighted by molar-refractivity contribution is 0.154. The molecule has 1 aromatic heterocycles. The first-order chi connectivity index (χ1) is 15.5. The maximum Gasteiger partial charge on any atom is 0.127 e. The minimum absolute atomic E-state index is 0.151. The van der Waals surface area contributed by atoms with E-state index in [9.17, 15) is 9.50 Å². The predicted octanol–water partition coefficient (Wildman–Crippen LogP) is 5.07. The van der Waals surface area contributed by atoms with E-state index >= 15 is 0 Å². The molecule has 0 bridgehead atoms. The van der Waals surface area contributed by atoms with E-state index < -0.39 is 0 Å². The number of piperazine rings is 1. The highest BCUT2D eigenvalue weighted by Gasteiger charge is 2.14. The van der Waals surface area contributed by atoms with Crippen LogP contribution in [0.3, 0.4) is 0 Å². The van der Waals surface area contributed by atoms with Gasteiger partial charge in [-0.3, -0.25) is 0 Å². The summed E-state index contributed by atoms with van der Waals surface area (Å²) in [5, 5.41) is 13.8. The van der Waals surface area contributed by atoms with Crippen LogP contribution in [0.4, 0.5) is 10.2 Å². The Labute approximate surface area is 197 Å². The summed E-state index contributed by atoms with van der Waals surface area (Å²) in [6.45, 7) is 6.28. The zero-order valence-electron chi connectivity index (χ0n) is 18.2. The number of hydrogen-bond acceptors (Lipinski definition) is 5. The van der Waals surface area contributed by atoms with Crippen LogP contribution in [0.15, 0.2) is 59.1 Å². The van der Waals surface area contributed by atoms with Crippen molar-refractivity contribution < 1.29 is 9.50 Å². The number of aromatic nitrogens is 1. The van der Waals surface area contributed by atoms with E-state index in [1.165, 1.54) is 12.1 Å². The molecule has 1 aliphatic rings. The van der Waals surface area contributed by atoms with Crippen molar-refractivity contribution in [2.24, 2.45) is 0 Å². The summed E-state index contributed by atoms with van der Waals surface area (Å²) < 4.78 is 14.7. The van der Waals surface area contributed by atoms with Crippen molar-refractivity contribution in [1.29, 1.82) is 0 Å². The molecule has 0 unspecified atom stereocenters. The van der Waals surface area contributed by atoms with E-state index in [4.69, 9.17) is 4.98 Å². The maximum absolute atomic E-state index is 13.9. The Kier molecular flexibility index (Phi) is 7.40. The number of nitrogens with one attached hydrogen (secondary N) is 1. The molecule has 2 N–H and O–H groups in total. The Hall–Kier alpha value is -2.48. The molecule has 3 aromatic rings. The van der Waals surface area contributed by atoms with E-state index in [0.717, 1.165) is 61.3 Å². The zero-order chi connectivity index (χ0) is 22.5. The number of likely N-dealkylation sites (N-methyl/N-ethyl adjacent to an activating group) is 1. The fraction of sp³-hybridized carbons (Fsp3) is 0.320. The first-order valence-corrected chi connectivity index (χ1v) is 11.7. The molecule has 0 amide bonds. The molecule has 2 aromatic carbocycles. The van der Waals surface area contributed by atoms with Crippen LogP contribution in [0.2, 0.25) is 0 Å². The molecule has 0 radical (unpaired) electrons. The summed E-state index contributed by atoms with van der Waals surface area (Å²) in [7, 11) is 2.16. The molecule has 0 spiro atoms. The summed E-state index contributed by atoms with van der Waals surface area (Å²) in [5.74, 6) is 0.575. The summed E-state index contributed by atoms with van der Waals surface area (Å²) in [4.78, 5) is 9.59. The van der Waals surface area contributed by atoms with Crippen molar-refractivity contribution in [3.8, 4) is 28.1 Å². The number of anilines is 1. The van der Waals surface area contributed by atoms with Gasteiger partial charge in [-0.1, -0.05) is 28.1 Å². The van der Waals surface area contributed by atoms with Gasteiger partial charge in [-0.2, -0.15) is 0 Å². The average molecular weight is 499 g/mol. The zero-order valence-corrected chi connectivity index (χ0v) is 19.8. The van der Waals surface area contributed by atoms with Crippen molar-refractivity contribution in [1.82, 2.24) is 14.8 Å². The van der Waals surface area contributed by atoms with E-state index in [1.54, 1.807) is 18.2 Å². The fourth-order valence-corrected chi connectivity index (χ4v) is 4.26. The van der Waals surface area contributed by atoms with Gasteiger partial charge in [0.15, 0.2) is 0 Å². The number of phenols is 1. The van der Waals surface area contributed by atoms with Crippen LogP contribution in [0.5, 0.6) is 5.75 Å². The lowest BCUT2D eigenvalue weighted by Crippen LogP contribution is -2.44. The molecule has 1 aliphatic heterocycles. The second-order valence-corrected chi connectivity index (χ2v) is 9.14. The normalized spacial score (nSPS) is 15.1. The molecular formula is C25H28BrFN4O. The third-order valence-corrected chi connectivity index (χ3v) is 6.26. The van der Waals surface area contributed by atoms with Gasteiger partial charge in [-0.25, -0.2) is 9.37 Å². The Morgan fingerprint density at radius 3 is 2.62 bits per heavy atom. The smallest absolute Gasteiger partial charge is 0.127 e. The van der Waals surface area contributed by atoms with Gasteiger partial charge in [0, 0.05) is 42.8 Å². The van der Waals surface area contributed by atoms with Gasteiger partial charge in [0.25, 0.3) is 0 Å². The molecule has 32 heavy (non-hydrogen) atoms. The standard InChI is InChI=1S/C25H28BrFN4O/c1-30-10-12-31(13-11-30)9-3-8-28-25-16-19(18-4-2-5-21(27)14-18)15-23(29-25)22-17-20(26)6-7-24(22)32/h2,4-7,14-17,32H,3,8-13H2,1H3,(H,28,29). The van der Waals surface area contributed by atoms with E-state index in [1.807, 2.05) is 24.3 Å². The Balaban J connectivity index is 1.54. The van der Waals surface area contributed by atoms with Crippen LogP contribution in [-0.2, 0) is 0 Å². The SMILES string of the molecule is CN1CCN(CCCNc2cc(-c3cccc(F)c3)cc(-c3cc(Br)ccc3O)n2)CC1. The topological polar surface area (TPSA) is 51.6 Å². The molecule has 0 saturated carbocycles. The van der Waals surface area contributed by atoms with E-state index in [2.05, 4.69) is 38.1 Å². The molecule has 0 aliphatic carbocycles. The monoisotopic (exact) mass is 498 g/mol. The van der Waals surface area contributed by atoms with Gasteiger partial charge in [0.05, 0.1) is 5.69 Å². The molecule has 2 heterocycles. The molecule has 1 saturated heterocycles. The summed E-state index contributed by atoms with van der Waals surface area (Å²) in [6, 6.07) is 15.6. The molecule has 1 fully saturated rings. The van der Waals surface area contributed by atoms with E-state index in [0.29, 0.717) is 17.1 Å². The Morgan fingerprint density at radius 1 is 1.03 bits per heavy atom. The first kappa shape index (κ1) is 22.7. The maximum atomic E-state index is 13.9. The fourth-order valence-electron chi connectivity index (χ4n) is 3.90. The number of hydrogen-bond donors (Lipinski definition) is 2. The molecule has 168 valence electrons. The van der Waals surface area contributed by atoms with Crippen molar-refractivity contribution in [3.63, 3.8) is 0 Å². The molecular weight excluding hydrogens is 471 g/mol. The van der Waals surface area contributed by atoms with Crippen molar-refractivity contribution >= 4 is 21.7 Å². The minimum Gasteiger partial charge on any atom is -0.507 e. The molecule has 7 heteroatoms.